The van der Waals surface area contributed by atoms with Crippen molar-refractivity contribution in [2.45, 2.75) is 58.2 Å². The summed E-state index contributed by atoms with van der Waals surface area (Å²) in [6.07, 6.45) is -0.189. The molecule has 0 amide bonds. The van der Waals surface area contributed by atoms with E-state index in [1.165, 1.54) is 22.3 Å². The van der Waals surface area contributed by atoms with E-state index in [1.54, 1.807) is 23.1 Å². The highest BCUT2D eigenvalue weighted by Crippen LogP contribution is 2.30. The molecule has 5 nitrogen and oxygen atoms in total. The van der Waals surface area contributed by atoms with E-state index in [0.29, 0.717) is 0 Å². The van der Waals surface area contributed by atoms with Gasteiger partial charge in [-0.1, -0.05) is 41.6 Å². The van der Waals surface area contributed by atoms with Gasteiger partial charge in [0.1, 0.15) is 10.8 Å². The van der Waals surface area contributed by atoms with Crippen LogP contribution in [-0.4, -0.2) is 19.7 Å². The number of aryl methyl sites for hydroxylation is 3. The summed E-state index contributed by atoms with van der Waals surface area (Å²) in [5, 5.41) is 13.0. The number of rotatable bonds is 8. The Balaban J connectivity index is 1.44. The maximum atomic E-state index is 6.17. The maximum absolute atomic E-state index is 6.17. The van der Waals surface area contributed by atoms with E-state index in [4.69, 9.17) is 9.72 Å². The normalized spacial score (nSPS) is 12.2. The summed E-state index contributed by atoms with van der Waals surface area (Å²) in [6, 6.07) is 14.6. The molecule has 7 heteroatoms. The summed E-state index contributed by atoms with van der Waals surface area (Å²) in [5.41, 5.74) is 5.95. The largest absolute Gasteiger partial charge is 0.483 e. The van der Waals surface area contributed by atoms with Gasteiger partial charge in [0, 0.05) is 23.2 Å². The number of hydrogen-bond donors (Lipinski definition) is 0. The van der Waals surface area contributed by atoms with E-state index in [-0.39, 0.29) is 6.10 Å². The zero-order chi connectivity index (χ0) is 22.7. The van der Waals surface area contributed by atoms with Crippen LogP contribution < -0.4 is 4.74 Å². The fraction of sp³-hybridized carbons (Fsp3) is 0.320. The molecule has 0 bridgehead atoms. The number of thiazole rings is 1. The predicted octanol–water partition coefficient (Wildman–Crippen LogP) is 6.78. The van der Waals surface area contributed by atoms with Crippen molar-refractivity contribution in [1.29, 1.82) is 0 Å². The van der Waals surface area contributed by atoms with Crippen molar-refractivity contribution in [3.8, 4) is 16.3 Å². The second-order valence-electron chi connectivity index (χ2n) is 7.89. The van der Waals surface area contributed by atoms with Crippen LogP contribution >= 0.6 is 23.1 Å². The Morgan fingerprint density at radius 3 is 2.66 bits per heavy atom. The van der Waals surface area contributed by atoms with Gasteiger partial charge in [-0.2, -0.15) is 0 Å². The summed E-state index contributed by atoms with van der Waals surface area (Å²) in [5.74, 6) is 2.45. The van der Waals surface area contributed by atoms with Crippen LogP contribution in [0.15, 0.2) is 53.0 Å². The number of aromatic nitrogens is 4. The summed E-state index contributed by atoms with van der Waals surface area (Å²) < 4.78 is 8.30. The van der Waals surface area contributed by atoms with Crippen molar-refractivity contribution in [3.05, 3.63) is 76.1 Å². The highest BCUT2D eigenvalue weighted by Gasteiger charge is 2.19. The second kappa shape index (κ2) is 9.88. The molecule has 4 rings (SSSR count). The average molecular weight is 465 g/mol. The molecule has 0 aliphatic carbocycles. The monoisotopic (exact) mass is 464 g/mol. The highest BCUT2D eigenvalue weighted by molar-refractivity contribution is 7.98. The summed E-state index contributed by atoms with van der Waals surface area (Å²) in [4.78, 5) is 4.82. The molecule has 0 N–H and O–H groups in total. The topological polar surface area (TPSA) is 52.8 Å². The summed E-state index contributed by atoms with van der Waals surface area (Å²) in [6.45, 7) is 11.2. The Labute approximate surface area is 197 Å². The third kappa shape index (κ3) is 5.05. The number of nitrogens with zero attached hydrogens (tertiary/aromatic N) is 4. The van der Waals surface area contributed by atoms with Gasteiger partial charge >= 0.3 is 0 Å². The van der Waals surface area contributed by atoms with Crippen LogP contribution in [0.25, 0.3) is 10.6 Å². The molecular formula is C25H28N4OS2. The van der Waals surface area contributed by atoms with E-state index in [9.17, 15) is 0 Å². The van der Waals surface area contributed by atoms with Crippen molar-refractivity contribution in [2.24, 2.45) is 0 Å². The van der Waals surface area contributed by atoms with Crippen LogP contribution in [0.2, 0.25) is 0 Å². The molecule has 2 aromatic heterocycles. The lowest BCUT2D eigenvalue weighted by Gasteiger charge is -2.16. The lowest BCUT2D eigenvalue weighted by molar-refractivity contribution is 0.209. The minimum absolute atomic E-state index is 0.189. The average Bonchev–Trinajstić information content (AvgIpc) is 3.41. The maximum Gasteiger partial charge on any atom is 0.191 e. The van der Waals surface area contributed by atoms with Crippen molar-refractivity contribution in [2.75, 3.05) is 0 Å². The Morgan fingerprint density at radius 1 is 1.06 bits per heavy atom. The van der Waals surface area contributed by atoms with Gasteiger partial charge in [-0.25, -0.2) is 4.98 Å². The first-order chi connectivity index (χ1) is 15.4. The number of thioether (sulfide) groups is 1. The van der Waals surface area contributed by atoms with Gasteiger partial charge in [-0.05, 0) is 63.9 Å². The van der Waals surface area contributed by atoms with Gasteiger partial charge in [-0.3, -0.25) is 0 Å². The fourth-order valence-corrected chi connectivity index (χ4v) is 5.30. The molecule has 1 atom stereocenters. The standard InChI is InChI=1S/C25H28N4OS2/c1-6-29-23(19(5)30-22-11-10-17(3)18(4)13-22)27-28-25(29)32-15-21-14-31-24(26-21)20-9-7-8-16(2)12-20/h7-14,19H,6,15H2,1-5H3. The van der Waals surface area contributed by atoms with Gasteiger partial charge < -0.3 is 9.30 Å². The smallest absolute Gasteiger partial charge is 0.191 e. The minimum Gasteiger partial charge on any atom is -0.483 e. The zero-order valence-corrected chi connectivity index (χ0v) is 20.8. The summed E-state index contributed by atoms with van der Waals surface area (Å²) in [7, 11) is 0. The second-order valence-corrected chi connectivity index (χ2v) is 9.69. The molecule has 2 heterocycles. The number of ether oxygens (including phenoxy) is 1. The van der Waals surface area contributed by atoms with Gasteiger partial charge in [-0.15, -0.1) is 21.5 Å². The molecule has 0 aliphatic heterocycles. The molecule has 4 aromatic rings. The van der Waals surface area contributed by atoms with Crippen molar-refractivity contribution < 1.29 is 4.74 Å². The molecule has 166 valence electrons. The van der Waals surface area contributed by atoms with Crippen LogP contribution in [-0.2, 0) is 12.3 Å². The van der Waals surface area contributed by atoms with Crippen molar-refractivity contribution in [1.82, 2.24) is 19.7 Å². The third-order valence-corrected chi connectivity index (χ3v) is 7.32. The molecular weight excluding hydrogens is 436 g/mol. The minimum atomic E-state index is -0.189. The first kappa shape index (κ1) is 22.6. The van der Waals surface area contributed by atoms with E-state index in [0.717, 1.165) is 39.7 Å². The molecule has 0 saturated heterocycles. The van der Waals surface area contributed by atoms with Gasteiger partial charge in [0.25, 0.3) is 0 Å². The number of benzene rings is 2. The zero-order valence-electron chi connectivity index (χ0n) is 19.1. The Kier molecular flexibility index (Phi) is 6.96. The fourth-order valence-electron chi connectivity index (χ4n) is 3.47. The van der Waals surface area contributed by atoms with Gasteiger partial charge in [0.2, 0.25) is 0 Å². The van der Waals surface area contributed by atoms with Crippen LogP contribution in [0.4, 0.5) is 0 Å². The molecule has 0 aliphatic rings. The SMILES string of the molecule is CCn1c(SCc2csc(-c3cccc(C)c3)n2)nnc1C(C)Oc1ccc(C)c(C)c1. The highest BCUT2D eigenvalue weighted by atomic mass is 32.2. The van der Waals surface area contributed by atoms with Gasteiger partial charge in [0.15, 0.2) is 17.1 Å². The van der Waals surface area contributed by atoms with Crippen LogP contribution in [0.1, 0.15) is 48.2 Å². The van der Waals surface area contributed by atoms with Crippen molar-refractivity contribution >= 4 is 23.1 Å². The van der Waals surface area contributed by atoms with Crippen LogP contribution in [0, 0.1) is 20.8 Å². The number of hydrogen-bond acceptors (Lipinski definition) is 6. The molecule has 0 radical (unpaired) electrons. The van der Waals surface area contributed by atoms with E-state index in [2.05, 4.69) is 84.2 Å². The molecule has 1 unspecified atom stereocenters. The lowest BCUT2D eigenvalue weighted by atomic mass is 10.1. The summed E-state index contributed by atoms with van der Waals surface area (Å²) >= 11 is 3.35. The predicted molar refractivity (Wildman–Crippen MR) is 133 cm³/mol. The van der Waals surface area contributed by atoms with Crippen molar-refractivity contribution in [3.63, 3.8) is 0 Å². The Hall–Kier alpha value is -2.64. The lowest BCUT2D eigenvalue weighted by Crippen LogP contribution is -2.12. The van der Waals surface area contributed by atoms with E-state index in [1.807, 2.05) is 13.0 Å². The van der Waals surface area contributed by atoms with Gasteiger partial charge in [0.05, 0.1) is 5.69 Å². The molecule has 0 spiro atoms. The van der Waals surface area contributed by atoms with E-state index >= 15 is 0 Å². The molecule has 0 saturated carbocycles. The quantitative estimate of drug-likeness (QED) is 0.269. The van der Waals surface area contributed by atoms with E-state index < -0.39 is 0 Å². The van der Waals surface area contributed by atoms with Crippen LogP contribution in [0.3, 0.4) is 0 Å². The first-order valence-electron chi connectivity index (χ1n) is 10.8. The Morgan fingerprint density at radius 2 is 1.91 bits per heavy atom. The Bertz CT molecular complexity index is 1210. The molecule has 32 heavy (non-hydrogen) atoms. The molecule has 0 fully saturated rings. The first-order valence-corrected chi connectivity index (χ1v) is 12.6. The van der Waals surface area contributed by atoms with Crippen LogP contribution in [0.5, 0.6) is 5.75 Å². The third-order valence-electron chi connectivity index (χ3n) is 5.38. The molecule has 2 aromatic carbocycles.